The van der Waals surface area contributed by atoms with Gasteiger partial charge in [0.2, 0.25) is 0 Å². The minimum Gasteiger partial charge on any atom is -0.493 e. The fourth-order valence-electron chi connectivity index (χ4n) is 4.27. The second-order valence-electron chi connectivity index (χ2n) is 8.58. The number of benzene rings is 2. The van der Waals surface area contributed by atoms with Crippen molar-refractivity contribution in [2.45, 2.75) is 6.42 Å². The van der Waals surface area contributed by atoms with Crippen LogP contribution in [0.15, 0.2) is 64.2 Å². The summed E-state index contributed by atoms with van der Waals surface area (Å²) < 4.78 is 8.61. The van der Waals surface area contributed by atoms with Crippen LogP contribution in [0.3, 0.4) is 0 Å². The highest BCUT2D eigenvalue weighted by atomic mass is 35.5. The van der Waals surface area contributed by atoms with E-state index < -0.39 is 0 Å². The molecule has 35 heavy (non-hydrogen) atoms. The van der Waals surface area contributed by atoms with Gasteiger partial charge in [-0.25, -0.2) is 4.79 Å². The number of ketones is 1. The number of piperazine rings is 1. The van der Waals surface area contributed by atoms with Crippen molar-refractivity contribution in [3.8, 4) is 5.75 Å². The first-order chi connectivity index (χ1) is 16.9. The number of carbonyl (C=O) groups excluding carboxylic acids is 1. The normalized spacial score (nSPS) is 14.2. The summed E-state index contributed by atoms with van der Waals surface area (Å²) in [5.41, 5.74) is 0.335. The summed E-state index contributed by atoms with van der Waals surface area (Å²) in [6.07, 6.45) is 0.805. The summed E-state index contributed by atoms with van der Waals surface area (Å²) in [6, 6.07) is 15.7. The van der Waals surface area contributed by atoms with E-state index in [0.29, 0.717) is 34.3 Å². The molecular weight excluding hydrogens is 468 g/mol. The van der Waals surface area contributed by atoms with Crippen LogP contribution >= 0.6 is 11.6 Å². The monoisotopic (exact) mass is 496 g/mol. The Morgan fingerprint density at radius 3 is 2.29 bits per heavy atom. The van der Waals surface area contributed by atoms with Crippen LogP contribution < -0.4 is 20.9 Å². The van der Waals surface area contributed by atoms with Crippen molar-refractivity contribution in [2.24, 2.45) is 14.1 Å². The van der Waals surface area contributed by atoms with Crippen molar-refractivity contribution in [2.75, 3.05) is 44.2 Å². The minimum atomic E-state index is -0.319. The fourth-order valence-corrected chi connectivity index (χ4v) is 4.49. The van der Waals surface area contributed by atoms with E-state index in [-0.39, 0.29) is 17.0 Å². The summed E-state index contributed by atoms with van der Waals surface area (Å²) in [7, 11) is 3.18. The topological polar surface area (TPSA) is 76.8 Å². The molecule has 3 aromatic rings. The molecule has 1 aromatic heterocycles. The fraction of sp³-hybridized carbons (Fsp3) is 0.346. The molecule has 1 aliphatic heterocycles. The first-order valence-corrected chi connectivity index (χ1v) is 12.0. The molecule has 0 N–H and O–H groups in total. The third kappa shape index (κ3) is 5.49. The van der Waals surface area contributed by atoms with Crippen LogP contribution in [0.25, 0.3) is 0 Å². The maximum atomic E-state index is 13.0. The van der Waals surface area contributed by atoms with Gasteiger partial charge >= 0.3 is 5.69 Å². The average molecular weight is 497 g/mol. The number of aromatic nitrogens is 2. The molecule has 2 heterocycles. The smallest absolute Gasteiger partial charge is 0.332 e. The molecule has 1 aliphatic rings. The number of halogens is 1. The van der Waals surface area contributed by atoms with E-state index in [1.165, 1.54) is 17.7 Å². The maximum absolute atomic E-state index is 13.0. The Hall–Kier alpha value is -3.36. The number of rotatable bonds is 8. The third-order valence-electron chi connectivity index (χ3n) is 6.32. The lowest BCUT2D eigenvalue weighted by Crippen LogP contribution is -2.49. The molecule has 0 amide bonds. The van der Waals surface area contributed by atoms with Crippen LogP contribution in [0.2, 0.25) is 5.02 Å². The Bertz CT molecular complexity index is 1330. The van der Waals surface area contributed by atoms with Crippen molar-refractivity contribution in [3.63, 3.8) is 0 Å². The lowest BCUT2D eigenvalue weighted by Gasteiger charge is -2.36. The van der Waals surface area contributed by atoms with E-state index in [0.717, 1.165) is 43.7 Å². The molecular formula is C26H29ClN4O4. The van der Waals surface area contributed by atoms with Crippen molar-refractivity contribution in [1.82, 2.24) is 14.0 Å². The highest BCUT2D eigenvalue weighted by Gasteiger charge is 2.20. The molecule has 0 unspecified atom stereocenters. The number of nitrogens with zero attached hydrogens (tertiary/aromatic N) is 4. The Balaban J connectivity index is 1.29. The zero-order chi connectivity index (χ0) is 24.9. The molecule has 0 saturated carbocycles. The molecule has 8 nitrogen and oxygen atoms in total. The molecule has 1 fully saturated rings. The van der Waals surface area contributed by atoms with Crippen molar-refractivity contribution in [3.05, 3.63) is 91.6 Å². The van der Waals surface area contributed by atoms with Crippen LogP contribution in [-0.2, 0) is 14.1 Å². The predicted molar refractivity (Wildman–Crippen MR) is 137 cm³/mol. The molecule has 1 saturated heterocycles. The molecule has 9 heteroatoms. The first kappa shape index (κ1) is 24.8. The lowest BCUT2D eigenvalue weighted by molar-refractivity contribution is 0.103. The molecule has 0 bridgehead atoms. The number of anilines is 1. The maximum Gasteiger partial charge on any atom is 0.332 e. The Morgan fingerprint density at radius 1 is 0.914 bits per heavy atom. The van der Waals surface area contributed by atoms with Crippen LogP contribution in [0.1, 0.15) is 22.3 Å². The molecule has 0 atom stereocenters. The lowest BCUT2D eigenvalue weighted by atomic mass is 10.0. The molecule has 0 spiro atoms. The Labute approximate surface area is 208 Å². The number of hydrogen-bond acceptors (Lipinski definition) is 6. The van der Waals surface area contributed by atoms with E-state index in [4.69, 9.17) is 16.3 Å². The quantitative estimate of drug-likeness (QED) is 0.352. The number of carbonyl (C=O) groups is 1. The molecule has 2 aromatic carbocycles. The third-order valence-corrected chi connectivity index (χ3v) is 6.65. The predicted octanol–water partition coefficient (Wildman–Crippen LogP) is 2.56. The summed E-state index contributed by atoms with van der Waals surface area (Å²) in [4.78, 5) is 41.7. The van der Waals surface area contributed by atoms with E-state index in [1.807, 2.05) is 12.1 Å². The molecule has 0 radical (unpaired) electrons. The second-order valence-corrected chi connectivity index (χ2v) is 8.98. The van der Waals surface area contributed by atoms with Gasteiger partial charge < -0.3 is 9.64 Å². The van der Waals surface area contributed by atoms with Gasteiger partial charge in [-0.1, -0.05) is 35.9 Å². The van der Waals surface area contributed by atoms with Gasteiger partial charge in [-0.05, 0) is 30.7 Å². The van der Waals surface area contributed by atoms with Crippen LogP contribution in [0.4, 0.5) is 5.82 Å². The van der Waals surface area contributed by atoms with Gasteiger partial charge in [0.05, 0.1) is 17.2 Å². The average Bonchev–Trinajstić information content (AvgIpc) is 2.88. The SMILES string of the molecule is Cn1c(N2CCN(CCCOc3ccccc3C(=O)c3ccccc3Cl)CC2)cc(=O)n(C)c1=O. The zero-order valence-corrected chi connectivity index (χ0v) is 20.7. The van der Waals surface area contributed by atoms with Crippen LogP contribution in [-0.4, -0.2) is 59.1 Å². The van der Waals surface area contributed by atoms with Gasteiger partial charge in [-0.15, -0.1) is 0 Å². The van der Waals surface area contributed by atoms with E-state index in [9.17, 15) is 14.4 Å². The van der Waals surface area contributed by atoms with E-state index in [2.05, 4.69) is 9.80 Å². The summed E-state index contributed by atoms with van der Waals surface area (Å²) in [5.74, 6) is 1.04. The highest BCUT2D eigenvalue weighted by molar-refractivity contribution is 6.35. The second kappa shape index (κ2) is 10.9. The van der Waals surface area contributed by atoms with Gasteiger partial charge in [-0.2, -0.15) is 0 Å². The first-order valence-electron chi connectivity index (χ1n) is 11.6. The van der Waals surface area contributed by atoms with Crippen molar-refractivity contribution >= 4 is 23.2 Å². The van der Waals surface area contributed by atoms with E-state index >= 15 is 0 Å². The summed E-state index contributed by atoms with van der Waals surface area (Å²) in [5, 5.41) is 0.419. The van der Waals surface area contributed by atoms with Gasteiger partial charge in [0.1, 0.15) is 11.6 Å². The standard InChI is InChI=1S/C26H29ClN4O4/c1-28-23(18-24(32)29(2)26(28)34)31-15-13-30(14-16-31)12-7-17-35-22-11-6-4-9-20(22)25(33)19-8-3-5-10-21(19)27/h3-6,8-11,18H,7,12-17H2,1-2H3. The number of hydrogen-bond donors (Lipinski definition) is 0. The Morgan fingerprint density at radius 2 is 1.57 bits per heavy atom. The molecule has 184 valence electrons. The summed E-state index contributed by atoms with van der Waals surface area (Å²) >= 11 is 6.21. The van der Waals surface area contributed by atoms with Crippen molar-refractivity contribution < 1.29 is 9.53 Å². The van der Waals surface area contributed by atoms with Gasteiger partial charge in [-0.3, -0.25) is 23.6 Å². The van der Waals surface area contributed by atoms with E-state index in [1.54, 1.807) is 43.4 Å². The Kier molecular flexibility index (Phi) is 7.73. The summed E-state index contributed by atoms with van der Waals surface area (Å²) in [6.45, 7) is 4.45. The highest BCUT2D eigenvalue weighted by Crippen LogP contribution is 2.25. The van der Waals surface area contributed by atoms with Crippen LogP contribution in [0.5, 0.6) is 5.75 Å². The van der Waals surface area contributed by atoms with Crippen molar-refractivity contribution in [1.29, 1.82) is 0 Å². The largest absolute Gasteiger partial charge is 0.493 e. The van der Waals surface area contributed by atoms with Gasteiger partial charge in [0.25, 0.3) is 5.56 Å². The molecule has 0 aliphatic carbocycles. The van der Waals surface area contributed by atoms with Gasteiger partial charge in [0.15, 0.2) is 5.78 Å². The van der Waals surface area contributed by atoms with Gasteiger partial charge in [0, 0.05) is 58.4 Å². The minimum absolute atomic E-state index is 0.160. The zero-order valence-electron chi connectivity index (χ0n) is 19.9. The number of para-hydroxylation sites is 1. The number of ether oxygens (including phenoxy) is 1. The molecule has 4 rings (SSSR count). The van der Waals surface area contributed by atoms with Crippen LogP contribution in [0, 0.1) is 0 Å².